The van der Waals surface area contributed by atoms with Gasteiger partial charge in [0, 0.05) is 17.8 Å². The maximum Gasteiger partial charge on any atom is 0.307 e. The number of likely N-dealkylation sites (tertiary alicyclic amines) is 1. The highest BCUT2D eigenvalue weighted by Crippen LogP contribution is 2.21. The average molecular weight is 320 g/mol. The highest BCUT2D eigenvalue weighted by Gasteiger charge is 2.26. The summed E-state index contributed by atoms with van der Waals surface area (Å²) >= 11 is 0. The zero-order valence-electron chi connectivity index (χ0n) is 13.7. The van der Waals surface area contributed by atoms with Crippen LogP contribution in [-0.2, 0) is 14.3 Å². The minimum absolute atomic E-state index is 0.0762. The van der Waals surface area contributed by atoms with Crippen LogP contribution in [0.3, 0.4) is 0 Å². The van der Waals surface area contributed by atoms with Crippen LogP contribution in [0, 0.1) is 0 Å². The monoisotopic (exact) mass is 320 g/mol. The molecule has 1 aliphatic rings. The largest absolute Gasteiger partial charge is 0.497 e. The van der Waals surface area contributed by atoms with Gasteiger partial charge in [-0.2, -0.15) is 0 Å². The van der Waals surface area contributed by atoms with Crippen molar-refractivity contribution in [2.45, 2.75) is 31.7 Å². The number of nitrogens with zero attached hydrogens (tertiary/aromatic N) is 1. The lowest BCUT2D eigenvalue weighted by molar-refractivity contribution is -0.142. The molecule has 1 unspecified atom stereocenters. The number of hydrogen-bond acceptors (Lipinski definition) is 5. The molecule has 1 fully saturated rings. The van der Waals surface area contributed by atoms with Crippen molar-refractivity contribution >= 4 is 17.6 Å². The Labute approximate surface area is 136 Å². The average Bonchev–Trinajstić information content (AvgIpc) is 2.56. The van der Waals surface area contributed by atoms with Crippen LogP contribution in [0.1, 0.15) is 25.7 Å². The van der Waals surface area contributed by atoms with Gasteiger partial charge < -0.3 is 14.8 Å². The van der Waals surface area contributed by atoms with Crippen molar-refractivity contribution in [1.82, 2.24) is 4.90 Å². The topological polar surface area (TPSA) is 67.9 Å². The molecule has 6 nitrogen and oxygen atoms in total. The fraction of sp³-hybridized carbons (Fsp3) is 0.529. The van der Waals surface area contributed by atoms with Gasteiger partial charge in [0.2, 0.25) is 5.91 Å². The molecule has 1 saturated heterocycles. The molecule has 1 aromatic carbocycles. The van der Waals surface area contributed by atoms with E-state index < -0.39 is 0 Å². The van der Waals surface area contributed by atoms with E-state index in [9.17, 15) is 9.59 Å². The summed E-state index contributed by atoms with van der Waals surface area (Å²) in [5.74, 6) is 0.384. The fourth-order valence-electron chi connectivity index (χ4n) is 2.86. The third-order valence-corrected chi connectivity index (χ3v) is 4.08. The van der Waals surface area contributed by atoms with Crippen molar-refractivity contribution in [3.05, 3.63) is 24.3 Å². The molecule has 1 N–H and O–H groups in total. The van der Waals surface area contributed by atoms with Crippen LogP contribution >= 0.6 is 0 Å². The summed E-state index contributed by atoms with van der Waals surface area (Å²) in [6.45, 7) is 1.10. The van der Waals surface area contributed by atoms with Gasteiger partial charge in [-0.15, -0.1) is 0 Å². The molecule has 23 heavy (non-hydrogen) atoms. The molecule has 1 amide bonds. The lowest BCUT2D eigenvalue weighted by Gasteiger charge is -2.34. The van der Waals surface area contributed by atoms with E-state index in [1.54, 1.807) is 13.2 Å². The number of hydrogen-bond donors (Lipinski definition) is 1. The molecule has 0 aliphatic carbocycles. The Morgan fingerprint density at radius 1 is 1.30 bits per heavy atom. The number of anilines is 1. The van der Waals surface area contributed by atoms with Crippen LogP contribution in [0.5, 0.6) is 5.75 Å². The number of piperidine rings is 1. The van der Waals surface area contributed by atoms with Gasteiger partial charge >= 0.3 is 5.97 Å². The first-order valence-corrected chi connectivity index (χ1v) is 7.87. The summed E-state index contributed by atoms with van der Waals surface area (Å²) in [6, 6.07) is 7.33. The maximum atomic E-state index is 12.3. The molecular formula is C17H24N2O4. The molecule has 2 rings (SSSR count). The summed E-state index contributed by atoms with van der Waals surface area (Å²) in [7, 11) is 2.98. The maximum absolute atomic E-state index is 12.3. The second-order valence-corrected chi connectivity index (χ2v) is 5.68. The Kier molecular flexibility index (Phi) is 6.40. The highest BCUT2D eigenvalue weighted by molar-refractivity contribution is 5.92. The van der Waals surface area contributed by atoms with E-state index in [1.165, 1.54) is 7.11 Å². The number of benzene rings is 1. The van der Waals surface area contributed by atoms with Crippen LogP contribution in [0.15, 0.2) is 24.3 Å². The Morgan fingerprint density at radius 3 is 2.87 bits per heavy atom. The summed E-state index contributed by atoms with van der Waals surface area (Å²) in [4.78, 5) is 25.8. The number of nitrogens with one attached hydrogen (secondary N) is 1. The second-order valence-electron chi connectivity index (χ2n) is 5.68. The van der Waals surface area contributed by atoms with E-state index in [0.29, 0.717) is 17.9 Å². The van der Waals surface area contributed by atoms with Crippen molar-refractivity contribution < 1.29 is 19.1 Å². The number of carbonyl (C=O) groups is 2. The summed E-state index contributed by atoms with van der Waals surface area (Å²) in [5.41, 5.74) is 0.705. The summed E-state index contributed by atoms with van der Waals surface area (Å²) in [5, 5.41) is 2.88. The molecule has 126 valence electrons. The lowest BCUT2D eigenvalue weighted by Crippen LogP contribution is -2.45. The van der Waals surface area contributed by atoms with E-state index in [-0.39, 0.29) is 24.5 Å². The van der Waals surface area contributed by atoms with E-state index >= 15 is 0 Å². The third-order valence-electron chi connectivity index (χ3n) is 4.08. The van der Waals surface area contributed by atoms with Crippen molar-refractivity contribution in [3.63, 3.8) is 0 Å². The van der Waals surface area contributed by atoms with Crippen LogP contribution in [0.25, 0.3) is 0 Å². The SMILES string of the molecule is COC(=O)CC1CCCCN1CC(=O)Nc1cccc(OC)c1. The van der Waals surface area contributed by atoms with E-state index in [2.05, 4.69) is 10.2 Å². The molecule has 0 saturated carbocycles. The van der Waals surface area contributed by atoms with Gasteiger partial charge in [0.25, 0.3) is 0 Å². The second kappa shape index (κ2) is 8.53. The Morgan fingerprint density at radius 2 is 2.13 bits per heavy atom. The van der Waals surface area contributed by atoms with E-state index in [0.717, 1.165) is 25.8 Å². The molecular weight excluding hydrogens is 296 g/mol. The molecule has 1 atom stereocenters. The molecule has 6 heteroatoms. The van der Waals surface area contributed by atoms with Gasteiger partial charge in [0.1, 0.15) is 5.75 Å². The van der Waals surface area contributed by atoms with Gasteiger partial charge in [-0.1, -0.05) is 12.5 Å². The third kappa shape index (κ3) is 5.25. The van der Waals surface area contributed by atoms with Crippen molar-refractivity contribution in [2.24, 2.45) is 0 Å². The number of methoxy groups -OCH3 is 2. The first-order valence-electron chi connectivity index (χ1n) is 7.87. The van der Waals surface area contributed by atoms with E-state index in [4.69, 9.17) is 9.47 Å². The first kappa shape index (κ1) is 17.3. The van der Waals surface area contributed by atoms with Crippen LogP contribution in [-0.4, -0.2) is 50.1 Å². The number of ether oxygens (including phenoxy) is 2. The predicted molar refractivity (Wildman–Crippen MR) is 87.5 cm³/mol. The standard InChI is InChI=1S/C17H24N2O4/c1-22-15-8-5-6-13(10-15)18-16(20)12-19-9-4-3-7-14(19)11-17(21)23-2/h5-6,8,10,14H,3-4,7,9,11-12H2,1-2H3,(H,18,20). The summed E-state index contributed by atoms with van der Waals surface area (Å²) < 4.78 is 9.89. The predicted octanol–water partition coefficient (Wildman–Crippen LogP) is 2.05. The summed E-state index contributed by atoms with van der Waals surface area (Å²) in [6.07, 6.45) is 3.38. The Balaban J connectivity index is 1.92. The van der Waals surface area contributed by atoms with E-state index in [1.807, 2.05) is 18.2 Å². The van der Waals surface area contributed by atoms with Gasteiger partial charge in [-0.25, -0.2) is 0 Å². The normalized spacial score (nSPS) is 18.3. The van der Waals surface area contributed by atoms with Gasteiger partial charge in [0.15, 0.2) is 0 Å². The zero-order valence-corrected chi connectivity index (χ0v) is 13.7. The van der Waals surface area contributed by atoms with Crippen molar-refractivity contribution in [3.8, 4) is 5.75 Å². The Bertz CT molecular complexity index is 547. The molecule has 0 aromatic heterocycles. The molecule has 0 spiro atoms. The number of carbonyl (C=O) groups excluding carboxylic acids is 2. The molecule has 1 aromatic rings. The molecule has 0 bridgehead atoms. The minimum atomic E-state index is -0.227. The van der Waals surface area contributed by atoms with Gasteiger partial charge in [-0.05, 0) is 31.5 Å². The van der Waals surface area contributed by atoms with Crippen LogP contribution in [0.2, 0.25) is 0 Å². The fourth-order valence-corrected chi connectivity index (χ4v) is 2.86. The first-order chi connectivity index (χ1) is 11.1. The van der Waals surface area contributed by atoms with Crippen LogP contribution < -0.4 is 10.1 Å². The highest BCUT2D eigenvalue weighted by atomic mass is 16.5. The molecule has 1 aliphatic heterocycles. The lowest BCUT2D eigenvalue weighted by atomic mass is 9.99. The quantitative estimate of drug-likeness (QED) is 0.813. The zero-order chi connectivity index (χ0) is 16.7. The Hall–Kier alpha value is -2.08. The smallest absolute Gasteiger partial charge is 0.307 e. The molecule has 1 heterocycles. The number of esters is 1. The molecule has 0 radical (unpaired) electrons. The van der Waals surface area contributed by atoms with Gasteiger partial charge in [0.05, 0.1) is 27.2 Å². The minimum Gasteiger partial charge on any atom is -0.497 e. The van der Waals surface area contributed by atoms with Crippen LogP contribution in [0.4, 0.5) is 5.69 Å². The number of rotatable bonds is 6. The number of amides is 1. The van der Waals surface area contributed by atoms with Crippen molar-refractivity contribution in [2.75, 3.05) is 32.6 Å². The van der Waals surface area contributed by atoms with Crippen molar-refractivity contribution in [1.29, 1.82) is 0 Å². The van der Waals surface area contributed by atoms with Gasteiger partial charge in [-0.3, -0.25) is 14.5 Å².